The number of aromatic nitrogens is 3. The molecule has 40 heavy (non-hydrogen) atoms. The molecule has 6 rings (SSSR count). The smallest absolute Gasteiger partial charge is 0.165 e. The quantitative estimate of drug-likeness (QED) is 0.211. The predicted octanol–water partition coefficient (Wildman–Crippen LogP) is 8.02. The van der Waals surface area contributed by atoms with Gasteiger partial charge in [0.25, 0.3) is 0 Å². The van der Waals surface area contributed by atoms with Gasteiger partial charge < -0.3 is 10.8 Å². The minimum absolute atomic E-state index is 0.268. The average Bonchev–Trinajstić information content (AvgIpc) is 3.04. The lowest BCUT2D eigenvalue weighted by Gasteiger charge is -2.14. The Morgan fingerprint density at radius 1 is 0.475 bits per heavy atom. The normalized spacial score (nSPS) is 11.1. The van der Waals surface area contributed by atoms with Crippen LogP contribution in [-0.4, -0.2) is 26.4 Å². The summed E-state index contributed by atoms with van der Waals surface area (Å²) in [5, 5.41) is 19.5. The molecule has 0 radical (unpaired) electrons. The molecule has 0 spiro atoms. The fourth-order valence-electron chi connectivity index (χ4n) is 4.63. The van der Waals surface area contributed by atoms with E-state index in [1.54, 1.807) is 12.2 Å². The highest BCUT2D eigenvalue weighted by molar-refractivity contribution is 6.18. The molecule has 5 heteroatoms. The van der Waals surface area contributed by atoms with Gasteiger partial charge in [0.1, 0.15) is 0 Å². The second kappa shape index (κ2) is 11.1. The van der Waals surface area contributed by atoms with Crippen LogP contribution in [0, 0.1) is 10.8 Å². The van der Waals surface area contributed by atoms with Crippen molar-refractivity contribution < 1.29 is 0 Å². The highest BCUT2D eigenvalue weighted by Crippen LogP contribution is 2.33. The van der Waals surface area contributed by atoms with Crippen LogP contribution in [0.1, 0.15) is 11.1 Å². The number of nitrogens with one attached hydrogen (secondary N) is 2. The summed E-state index contributed by atoms with van der Waals surface area (Å²) >= 11 is 0. The molecule has 5 nitrogen and oxygen atoms in total. The fraction of sp³-hybridized carbons (Fsp3) is 0. The molecule has 0 atom stereocenters. The van der Waals surface area contributed by atoms with Crippen molar-refractivity contribution >= 4 is 22.2 Å². The van der Waals surface area contributed by atoms with Crippen molar-refractivity contribution in [1.82, 2.24) is 15.0 Å². The van der Waals surface area contributed by atoms with E-state index in [0.29, 0.717) is 28.7 Å². The van der Waals surface area contributed by atoms with E-state index in [4.69, 9.17) is 25.8 Å². The van der Waals surface area contributed by atoms with Gasteiger partial charge in [-0.2, -0.15) is 0 Å². The van der Waals surface area contributed by atoms with Crippen LogP contribution in [0.3, 0.4) is 0 Å². The van der Waals surface area contributed by atoms with Crippen molar-refractivity contribution in [3.05, 3.63) is 151 Å². The minimum Gasteiger partial charge on any atom is -0.300 e. The van der Waals surface area contributed by atoms with Crippen molar-refractivity contribution in [1.29, 1.82) is 10.8 Å². The SMILES string of the molecule is N=C(/C=C\C(=N)c1ccc2ccccc2c1-c1nc(-c2ccccc2)nc(-c2ccccc2)n1)c1ccccc1. The lowest BCUT2D eigenvalue weighted by molar-refractivity contribution is 1.08. The standard InChI is InChI=1S/C35H25N5/c36-30(25-13-4-1-5-14-25)22-23-31(37)29-21-20-24-12-10-11-19-28(24)32(29)35-39-33(26-15-6-2-7-16-26)38-34(40-35)27-17-8-3-9-18-27/h1-23,36-37H/b23-22-,36-30?,37-31?. The molecule has 0 saturated carbocycles. The van der Waals surface area contributed by atoms with Gasteiger partial charge in [-0.05, 0) is 28.5 Å². The molecule has 0 aliphatic heterocycles. The Bertz CT molecular complexity index is 1800. The van der Waals surface area contributed by atoms with Crippen LogP contribution in [0.4, 0.5) is 0 Å². The van der Waals surface area contributed by atoms with Crippen LogP contribution in [0.15, 0.2) is 140 Å². The Labute approximate surface area is 232 Å². The Balaban J connectivity index is 1.53. The van der Waals surface area contributed by atoms with E-state index < -0.39 is 0 Å². The van der Waals surface area contributed by atoms with Crippen LogP contribution >= 0.6 is 0 Å². The van der Waals surface area contributed by atoms with E-state index in [-0.39, 0.29) is 5.71 Å². The Morgan fingerprint density at radius 3 is 1.60 bits per heavy atom. The maximum Gasteiger partial charge on any atom is 0.165 e. The molecule has 2 N–H and O–H groups in total. The Morgan fingerprint density at radius 2 is 0.975 bits per heavy atom. The van der Waals surface area contributed by atoms with Crippen LogP contribution < -0.4 is 0 Å². The fourth-order valence-corrected chi connectivity index (χ4v) is 4.63. The first-order valence-corrected chi connectivity index (χ1v) is 13.0. The molecule has 6 aromatic rings. The first-order chi connectivity index (χ1) is 19.7. The van der Waals surface area contributed by atoms with Gasteiger partial charge in [-0.1, -0.05) is 127 Å². The zero-order chi connectivity index (χ0) is 27.3. The molecule has 0 saturated heterocycles. The third kappa shape index (κ3) is 5.08. The monoisotopic (exact) mass is 515 g/mol. The van der Waals surface area contributed by atoms with Crippen LogP contribution in [0.25, 0.3) is 44.9 Å². The van der Waals surface area contributed by atoms with E-state index in [9.17, 15) is 0 Å². The van der Waals surface area contributed by atoms with Crippen LogP contribution in [0.2, 0.25) is 0 Å². The van der Waals surface area contributed by atoms with E-state index >= 15 is 0 Å². The number of hydrogen-bond donors (Lipinski definition) is 2. The van der Waals surface area contributed by atoms with E-state index in [1.165, 1.54) is 0 Å². The van der Waals surface area contributed by atoms with Crippen LogP contribution in [-0.2, 0) is 0 Å². The second-order valence-electron chi connectivity index (χ2n) is 9.27. The van der Waals surface area contributed by atoms with Gasteiger partial charge >= 0.3 is 0 Å². The molecule has 0 bridgehead atoms. The van der Waals surface area contributed by atoms with Gasteiger partial charge in [0, 0.05) is 22.3 Å². The largest absolute Gasteiger partial charge is 0.300 e. The lowest BCUT2D eigenvalue weighted by Crippen LogP contribution is -2.05. The lowest BCUT2D eigenvalue weighted by atomic mass is 9.94. The first-order valence-electron chi connectivity index (χ1n) is 13.0. The predicted molar refractivity (Wildman–Crippen MR) is 163 cm³/mol. The van der Waals surface area contributed by atoms with Crippen molar-refractivity contribution in [3.8, 4) is 34.2 Å². The van der Waals surface area contributed by atoms with E-state index in [1.807, 2.05) is 127 Å². The van der Waals surface area contributed by atoms with Gasteiger partial charge in [0.15, 0.2) is 17.5 Å². The van der Waals surface area contributed by atoms with E-state index in [2.05, 4.69) is 0 Å². The molecule has 1 aromatic heterocycles. The first kappa shape index (κ1) is 24.8. The number of nitrogens with zero attached hydrogens (tertiary/aromatic N) is 3. The summed E-state index contributed by atoms with van der Waals surface area (Å²) in [7, 11) is 0. The maximum absolute atomic E-state index is 9.03. The van der Waals surface area contributed by atoms with E-state index in [0.717, 1.165) is 33.0 Å². The molecule has 1 heterocycles. The molecule has 0 aliphatic carbocycles. The summed E-state index contributed by atoms with van der Waals surface area (Å²) in [6, 6.07) is 41.2. The number of hydrogen-bond acceptors (Lipinski definition) is 5. The molecule has 0 amide bonds. The summed E-state index contributed by atoms with van der Waals surface area (Å²) in [4.78, 5) is 14.7. The summed E-state index contributed by atoms with van der Waals surface area (Å²) in [6.45, 7) is 0. The molecular formula is C35H25N5. The molecule has 0 aliphatic rings. The number of rotatable bonds is 7. The minimum atomic E-state index is 0.268. The molecule has 5 aromatic carbocycles. The third-order valence-electron chi connectivity index (χ3n) is 6.64. The molecular weight excluding hydrogens is 490 g/mol. The summed E-state index contributed by atoms with van der Waals surface area (Å²) in [6.07, 6.45) is 3.33. The average molecular weight is 516 g/mol. The number of benzene rings is 5. The summed E-state index contributed by atoms with van der Waals surface area (Å²) in [5.41, 5.74) is 4.61. The van der Waals surface area contributed by atoms with Crippen molar-refractivity contribution in [2.24, 2.45) is 0 Å². The zero-order valence-electron chi connectivity index (χ0n) is 21.6. The van der Waals surface area contributed by atoms with Gasteiger partial charge in [0.2, 0.25) is 0 Å². The van der Waals surface area contributed by atoms with Gasteiger partial charge in [0.05, 0.1) is 11.4 Å². The topological polar surface area (TPSA) is 86.4 Å². The van der Waals surface area contributed by atoms with Crippen molar-refractivity contribution in [2.45, 2.75) is 0 Å². The molecule has 0 unspecified atom stereocenters. The zero-order valence-corrected chi connectivity index (χ0v) is 21.6. The van der Waals surface area contributed by atoms with Gasteiger partial charge in [-0.3, -0.25) is 0 Å². The van der Waals surface area contributed by atoms with Crippen molar-refractivity contribution in [3.63, 3.8) is 0 Å². The third-order valence-corrected chi connectivity index (χ3v) is 6.64. The Kier molecular flexibility index (Phi) is 6.84. The number of allylic oxidation sites excluding steroid dienone is 2. The molecule has 0 fully saturated rings. The second-order valence-corrected chi connectivity index (χ2v) is 9.27. The van der Waals surface area contributed by atoms with Gasteiger partial charge in [-0.15, -0.1) is 0 Å². The summed E-state index contributed by atoms with van der Waals surface area (Å²) < 4.78 is 0. The maximum atomic E-state index is 9.03. The number of fused-ring (bicyclic) bond motifs is 1. The van der Waals surface area contributed by atoms with Gasteiger partial charge in [-0.25, -0.2) is 15.0 Å². The Hall–Kier alpha value is -5.55. The summed E-state index contributed by atoms with van der Waals surface area (Å²) in [5.74, 6) is 1.63. The highest BCUT2D eigenvalue weighted by Gasteiger charge is 2.18. The van der Waals surface area contributed by atoms with Crippen molar-refractivity contribution in [2.75, 3.05) is 0 Å². The highest BCUT2D eigenvalue weighted by atomic mass is 15.0. The molecule has 190 valence electrons. The van der Waals surface area contributed by atoms with Crippen LogP contribution in [0.5, 0.6) is 0 Å².